The number of furan rings is 1. The summed E-state index contributed by atoms with van der Waals surface area (Å²) in [5.41, 5.74) is 2.51. The number of urea groups is 1. The monoisotopic (exact) mass is 433 g/mol. The van der Waals surface area contributed by atoms with Crippen molar-refractivity contribution in [2.45, 2.75) is 11.8 Å². The molecule has 2 aromatic carbocycles. The lowest BCUT2D eigenvalue weighted by atomic mass is 10.1. The zero-order chi connectivity index (χ0) is 21.5. The van der Waals surface area contributed by atoms with Crippen molar-refractivity contribution in [2.75, 3.05) is 5.75 Å². The summed E-state index contributed by atoms with van der Waals surface area (Å²) in [6.45, 7) is 0.194. The molecule has 2 N–H and O–H groups in total. The fourth-order valence-electron chi connectivity index (χ4n) is 2.85. The lowest BCUT2D eigenvalue weighted by Gasteiger charge is -2.04. The van der Waals surface area contributed by atoms with Gasteiger partial charge in [-0.05, 0) is 12.1 Å². The molecule has 31 heavy (non-hydrogen) atoms. The molecule has 0 aliphatic rings. The molecular formula is C23H19N3O4S. The van der Waals surface area contributed by atoms with Gasteiger partial charge in [0.25, 0.3) is 5.22 Å². The van der Waals surface area contributed by atoms with Crippen LogP contribution in [0.5, 0.6) is 0 Å². The molecular weight excluding hydrogens is 414 g/mol. The smallest absolute Gasteiger partial charge is 0.321 e. The highest BCUT2D eigenvalue weighted by atomic mass is 32.2. The van der Waals surface area contributed by atoms with Gasteiger partial charge in [0, 0.05) is 11.1 Å². The van der Waals surface area contributed by atoms with Crippen molar-refractivity contribution < 1.29 is 18.4 Å². The molecule has 3 amide bonds. The second-order valence-corrected chi connectivity index (χ2v) is 7.42. The first-order valence-electron chi connectivity index (χ1n) is 9.53. The summed E-state index contributed by atoms with van der Waals surface area (Å²) in [6.07, 6.45) is 1.51. The van der Waals surface area contributed by atoms with E-state index in [2.05, 4.69) is 15.6 Å². The van der Waals surface area contributed by atoms with Crippen molar-refractivity contribution in [2.24, 2.45) is 0 Å². The molecule has 0 spiro atoms. The van der Waals surface area contributed by atoms with Gasteiger partial charge in [-0.2, -0.15) is 0 Å². The van der Waals surface area contributed by atoms with Crippen LogP contribution in [0.1, 0.15) is 5.76 Å². The zero-order valence-corrected chi connectivity index (χ0v) is 17.2. The number of rotatable bonds is 7. The van der Waals surface area contributed by atoms with Gasteiger partial charge in [0.2, 0.25) is 5.91 Å². The zero-order valence-electron chi connectivity index (χ0n) is 16.4. The highest BCUT2D eigenvalue weighted by Crippen LogP contribution is 2.35. The van der Waals surface area contributed by atoms with Crippen LogP contribution < -0.4 is 10.6 Å². The van der Waals surface area contributed by atoms with E-state index in [4.69, 9.17) is 8.83 Å². The fraction of sp³-hybridized carbons (Fsp3) is 0.0870. The summed E-state index contributed by atoms with van der Waals surface area (Å²) < 4.78 is 11.1. The van der Waals surface area contributed by atoms with Crippen molar-refractivity contribution in [1.29, 1.82) is 0 Å². The molecule has 0 bridgehead atoms. The average molecular weight is 433 g/mol. The molecule has 4 aromatic rings. The maximum Gasteiger partial charge on any atom is 0.321 e. The number of carbonyl (C=O) groups excluding carboxylic acids is 2. The Morgan fingerprint density at radius 1 is 0.903 bits per heavy atom. The third-order valence-electron chi connectivity index (χ3n) is 4.27. The van der Waals surface area contributed by atoms with E-state index in [0.717, 1.165) is 22.9 Å². The minimum absolute atomic E-state index is 0.0167. The third kappa shape index (κ3) is 5.43. The van der Waals surface area contributed by atoms with E-state index < -0.39 is 11.9 Å². The van der Waals surface area contributed by atoms with Crippen molar-refractivity contribution >= 4 is 23.7 Å². The van der Waals surface area contributed by atoms with Gasteiger partial charge in [-0.3, -0.25) is 10.1 Å². The molecule has 0 unspecified atom stereocenters. The molecule has 8 heteroatoms. The van der Waals surface area contributed by atoms with E-state index in [0.29, 0.717) is 22.4 Å². The summed E-state index contributed by atoms with van der Waals surface area (Å²) in [5.74, 6) is 0.754. The lowest BCUT2D eigenvalue weighted by Crippen LogP contribution is -2.39. The van der Waals surface area contributed by atoms with Crippen molar-refractivity contribution in [3.63, 3.8) is 0 Å². The molecule has 4 rings (SSSR count). The summed E-state index contributed by atoms with van der Waals surface area (Å²) in [6, 6.07) is 22.2. The first-order valence-corrected chi connectivity index (χ1v) is 10.5. The molecule has 0 fully saturated rings. The molecule has 0 radical (unpaired) electrons. The third-order valence-corrected chi connectivity index (χ3v) is 5.10. The second-order valence-electron chi connectivity index (χ2n) is 6.49. The minimum Gasteiger partial charge on any atom is -0.467 e. The van der Waals surface area contributed by atoms with E-state index in [-0.39, 0.29) is 12.3 Å². The Hall–Kier alpha value is -3.78. The second kappa shape index (κ2) is 9.82. The van der Waals surface area contributed by atoms with Crippen LogP contribution in [0, 0.1) is 0 Å². The van der Waals surface area contributed by atoms with Crippen molar-refractivity contribution in [3.05, 3.63) is 84.8 Å². The number of benzene rings is 2. The normalized spacial score (nSPS) is 10.6. The Morgan fingerprint density at radius 2 is 1.61 bits per heavy atom. The number of aromatic nitrogens is 1. The van der Waals surface area contributed by atoms with Gasteiger partial charge in [-0.25, -0.2) is 9.78 Å². The number of oxazole rings is 1. The lowest BCUT2D eigenvalue weighted by molar-refractivity contribution is -0.117. The maximum absolute atomic E-state index is 12.1. The molecule has 2 aromatic heterocycles. The summed E-state index contributed by atoms with van der Waals surface area (Å²) >= 11 is 1.12. The van der Waals surface area contributed by atoms with E-state index in [9.17, 15) is 9.59 Å². The van der Waals surface area contributed by atoms with Gasteiger partial charge in [-0.1, -0.05) is 72.4 Å². The molecule has 0 saturated carbocycles. The largest absolute Gasteiger partial charge is 0.467 e. The predicted octanol–water partition coefficient (Wildman–Crippen LogP) is 4.72. The molecule has 2 heterocycles. The predicted molar refractivity (Wildman–Crippen MR) is 117 cm³/mol. The van der Waals surface area contributed by atoms with E-state index in [1.54, 1.807) is 12.1 Å². The van der Waals surface area contributed by atoms with Crippen LogP contribution in [0.2, 0.25) is 0 Å². The van der Waals surface area contributed by atoms with Gasteiger partial charge >= 0.3 is 6.03 Å². The Kier molecular flexibility index (Phi) is 6.49. The van der Waals surface area contributed by atoms with Gasteiger partial charge in [-0.15, -0.1) is 0 Å². The highest BCUT2D eigenvalue weighted by molar-refractivity contribution is 7.99. The van der Waals surface area contributed by atoms with Gasteiger partial charge in [0.05, 0.1) is 18.6 Å². The van der Waals surface area contributed by atoms with E-state index in [1.165, 1.54) is 6.26 Å². The summed E-state index contributed by atoms with van der Waals surface area (Å²) in [5, 5.41) is 5.18. The van der Waals surface area contributed by atoms with Crippen LogP contribution in [0.4, 0.5) is 4.79 Å². The highest BCUT2D eigenvalue weighted by Gasteiger charge is 2.18. The van der Waals surface area contributed by atoms with E-state index in [1.807, 2.05) is 60.7 Å². The minimum atomic E-state index is -0.593. The molecule has 156 valence electrons. The number of hydrogen-bond acceptors (Lipinski definition) is 6. The molecule has 0 saturated heterocycles. The van der Waals surface area contributed by atoms with Crippen molar-refractivity contribution in [3.8, 4) is 22.6 Å². The topological polar surface area (TPSA) is 97.4 Å². The number of carbonyl (C=O) groups is 2. The van der Waals surface area contributed by atoms with Gasteiger partial charge in [0.15, 0.2) is 5.76 Å². The average Bonchev–Trinajstić information content (AvgIpc) is 3.48. The first kappa shape index (κ1) is 20.5. The van der Waals surface area contributed by atoms with E-state index >= 15 is 0 Å². The van der Waals surface area contributed by atoms with Crippen LogP contribution in [-0.2, 0) is 11.3 Å². The number of amides is 3. The van der Waals surface area contributed by atoms with Crippen LogP contribution in [0.3, 0.4) is 0 Å². The fourth-order valence-corrected chi connectivity index (χ4v) is 3.48. The maximum atomic E-state index is 12.1. The van der Waals surface area contributed by atoms with Gasteiger partial charge in [0.1, 0.15) is 11.5 Å². The van der Waals surface area contributed by atoms with Crippen molar-refractivity contribution in [1.82, 2.24) is 15.6 Å². The van der Waals surface area contributed by atoms with Gasteiger partial charge < -0.3 is 14.2 Å². The Labute approximate surface area is 182 Å². The van der Waals surface area contributed by atoms with Crippen LogP contribution in [0.15, 0.2) is 93.1 Å². The van der Waals surface area contributed by atoms with Crippen LogP contribution in [0.25, 0.3) is 22.6 Å². The molecule has 0 aliphatic heterocycles. The SMILES string of the molecule is O=C(CSc1nc(-c2ccccc2)c(-c2ccccc2)o1)NC(=O)NCc1ccco1. The summed E-state index contributed by atoms with van der Waals surface area (Å²) in [4.78, 5) is 28.6. The quantitative estimate of drug-likeness (QED) is 0.409. The standard InChI is InChI=1S/C23H19N3O4S/c27-19(25-22(28)24-14-18-12-7-13-29-18)15-31-23-26-20(16-8-3-1-4-9-16)21(30-23)17-10-5-2-6-11-17/h1-13H,14-15H2,(H2,24,25,27,28). The Balaban J connectivity index is 1.41. The number of hydrogen-bond donors (Lipinski definition) is 2. The number of nitrogens with zero attached hydrogens (tertiary/aromatic N) is 1. The van der Waals surface area contributed by atoms with Crippen LogP contribution >= 0.6 is 11.8 Å². The number of imide groups is 1. The molecule has 0 aliphatic carbocycles. The molecule has 7 nitrogen and oxygen atoms in total. The van der Waals surface area contributed by atoms with Crippen LogP contribution in [-0.4, -0.2) is 22.7 Å². The Morgan fingerprint density at radius 3 is 2.29 bits per heavy atom. The first-order chi connectivity index (χ1) is 15.2. The number of thioether (sulfide) groups is 1. The number of nitrogens with one attached hydrogen (secondary N) is 2. The molecule has 0 atom stereocenters. The Bertz CT molecular complexity index is 1090. The summed E-state index contributed by atoms with van der Waals surface area (Å²) in [7, 11) is 0.